The predicted molar refractivity (Wildman–Crippen MR) is 224 cm³/mol. The second kappa shape index (κ2) is 11.2. The molecule has 1 aliphatic rings. The molecule has 0 unspecified atom stereocenters. The van der Waals surface area contributed by atoms with Gasteiger partial charge in [-0.05, 0) is 109 Å². The fourth-order valence-corrected chi connectivity index (χ4v) is 9.10. The lowest BCUT2D eigenvalue weighted by molar-refractivity contribution is 0.660. The van der Waals surface area contributed by atoms with Crippen LogP contribution < -0.4 is 4.90 Å². The summed E-state index contributed by atoms with van der Waals surface area (Å²) in [6, 6.07) is 64.3. The van der Waals surface area contributed by atoms with Crippen molar-refractivity contribution in [1.82, 2.24) is 0 Å². The summed E-state index contributed by atoms with van der Waals surface area (Å²) >= 11 is 0. The van der Waals surface area contributed by atoms with Gasteiger partial charge in [-0.25, -0.2) is 0 Å². The molecule has 53 heavy (non-hydrogen) atoms. The van der Waals surface area contributed by atoms with Crippen LogP contribution in [0.5, 0.6) is 0 Å². The van der Waals surface area contributed by atoms with Gasteiger partial charge in [-0.15, -0.1) is 0 Å². The van der Waals surface area contributed by atoms with Crippen LogP contribution in [-0.2, 0) is 5.41 Å². The van der Waals surface area contributed by atoms with Crippen molar-refractivity contribution in [2.24, 2.45) is 0 Å². The summed E-state index contributed by atoms with van der Waals surface area (Å²) in [4.78, 5) is 2.44. The molecule has 9 aromatic carbocycles. The van der Waals surface area contributed by atoms with Crippen LogP contribution in [-0.4, -0.2) is 0 Å². The van der Waals surface area contributed by atoms with E-state index in [1.165, 1.54) is 71.4 Å². The number of hydrogen-bond donors (Lipinski definition) is 0. The monoisotopic (exact) mass is 677 g/mol. The molecule has 2 heteroatoms. The van der Waals surface area contributed by atoms with Gasteiger partial charge in [0.05, 0.1) is 5.69 Å². The number of rotatable bonds is 4. The maximum Gasteiger partial charge on any atom is 0.135 e. The largest absolute Gasteiger partial charge is 0.456 e. The number of fused-ring (bicyclic) bond motifs is 11. The van der Waals surface area contributed by atoms with E-state index in [1.54, 1.807) is 0 Å². The number of furan rings is 1. The fraction of sp³-hybridized carbons (Fsp3) is 0.0588. The number of hydrogen-bond acceptors (Lipinski definition) is 2. The quantitative estimate of drug-likeness (QED) is 0.172. The van der Waals surface area contributed by atoms with E-state index in [0.717, 1.165) is 33.3 Å². The van der Waals surface area contributed by atoms with E-state index in [0.29, 0.717) is 0 Å². The number of para-hydroxylation sites is 1. The van der Waals surface area contributed by atoms with Crippen LogP contribution in [0.4, 0.5) is 17.1 Å². The van der Waals surface area contributed by atoms with Gasteiger partial charge in [0.1, 0.15) is 11.2 Å². The standard InChI is InChI=1S/C51H35NO/c1-51(2)44-18-9-7-17-41(44)50-45(51)19-11-20-46(50)52(36-27-29-48-43(31-36)39-16-8-10-21-47(39)53-48)35-25-22-33(23-26-35)42-30-34-13-4-6-15-38(34)49-37-14-5-3-12-32(37)24-28-40(42)49/h3-31H,1-2H3. The Labute approximate surface area is 308 Å². The second-order valence-corrected chi connectivity index (χ2v) is 14.9. The lowest BCUT2D eigenvalue weighted by atomic mass is 9.82. The van der Waals surface area contributed by atoms with Crippen LogP contribution in [0.15, 0.2) is 180 Å². The van der Waals surface area contributed by atoms with Crippen molar-refractivity contribution in [3.05, 3.63) is 187 Å². The summed E-state index contributed by atoms with van der Waals surface area (Å²) in [5, 5.41) is 9.90. The highest BCUT2D eigenvalue weighted by molar-refractivity contribution is 6.24. The zero-order valence-corrected chi connectivity index (χ0v) is 29.6. The first-order valence-corrected chi connectivity index (χ1v) is 18.4. The Morgan fingerprint density at radius 1 is 0.434 bits per heavy atom. The fourth-order valence-electron chi connectivity index (χ4n) is 9.10. The van der Waals surface area contributed by atoms with Gasteiger partial charge in [-0.3, -0.25) is 0 Å². The molecule has 0 saturated carbocycles. The zero-order valence-electron chi connectivity index (χ0n) is 29.6. The molecule has 1 aliphatic carbocycles. The molecule has 0 aliphatic heterocycles. The Morgan fingerprint density at radius 3 is 1.94 bits per heavy atom. The number of anilines is 3. The van der Waals surface area contributed by atoms with Crippen LogP contribution in [0.1, 0.15) is 25.0 Å². The molecule has 0 N–H and O–H groups in total. The predicted octanol–water partition coefficient (Wildman–Crippen LogP) is 14.5. The van der Waals surface area contributed by atoms with E-state index in [-0.39, 0.29) is 5.41 Å². The minimum Gasteiger partial charge on any atom is -0.456 e. The summed E-state index contributed by atoms with van der Waals surface area (Å²) in [5.41, 5.74) is 12.8. The second-order valence-electron chi connectivity index (χ2n) is 14.9. The number of benzene rings is 9. The molecule has 2 nitrogen and oxygen atoms in total. The van der Waals surface area contributed by atoms with Gasteiger partial charge in [-0.1, -0.05) is 141 Å². The van der Waals surface area contributed by atoms with E-state index in [4.69, 9.17) is 4.42 Å². The Bertz CT molecular complexity index is 3080. The summed E-state index contributed by atoms with van der Waals surface area (Å²) in [6.45, 7) is 4.70. The zero-order chi connectivity index (χ0) is 35.3. The molecule has 1 aromatic heterocycles. The molecule has 0 bridgehead atoms. The highest BCUT2D eigenvalue weighted by atomic mass is 16.3. The molecule has 0 amide bonds. The minimum atomic E-state index is -0.108. The molecule has 0 atom stereocenters. The Morgan fingerprint density at radius 2 is 1.09 bits per heavy atom. The topological polar surface area (TPSA) is 16.4 Å². The van der Waals surface area contributed by atoms with Crippen molar-refractivity contribution >= 4 is 71.3 Å². The van der Waals surface area contributed by atoms with E-state index in [2.05, 4.69) is 183 Å². The molecular formula is C51H35NO. The highest BCUT2D eigenvalue weighted by Gasteiger charge is 2.37. The third-order valence-electron chi connectivity index (χ3n) is 11.6. The van der Waals surface area contributed by atoms with Gasteiger partial charge < -0.3 is 9.32 Å². The van der Waals surface area contributed by atoms with Gasteiger partial charge in [0.25, 0.3) is 0 Å². The minimum absolute atomic E-state index is 0.108. The maximum atomic E-state index is 6.28. The third kappa shape index (κ3) is 4.39. The van der Waals surface area contributed by atoms with Crippen LogP contribution in [0, 0.1) is 0 Å². The van der Waals surface area contributed by atoms with Gasteiger partial charge >= 0.3 is 0 Å². The van der Waals surface area contributed by atoms with Gasteiger partial charge in [0.15, 0.2) is 0 Å². The Balaban J connectivity index is 1.14. The van der Waals surface area contributed by atoms with Crippen LogP contribution >= 0.6 is 0 Å². The SMILES string of the molecule is CC1(C)c2ccccc2-c2c(N(c3ccc(-c4cc5ccccc5c5c4ccc4ccccc45)cc3)c3ccc4oc5ccccc5c4c3)cccc21. The summed E-state index contributed by atoms with van der Waals surface area (Å²) in [6.07, 6.45) is 0. The lowest BCUT2D eigenvalue weighted by Crippen LogP contribution is -2.16. The summed E-state index contributed by atoms with van der Waals surface area (Å²) in [5.74, 6) is 0. The van der Waals surface area contributed by atoms with Crippen molar-refractivity contribution in [1.29, 1.82) is 0 Å². The van der Waals surface area contributed by atoms with Crippen LogP contribution in [0.25, 0.3) is 76.5 Å². The molecule has 0 saturated heterocycles. The average molecular weight is 678 g/mol. The lowest BCUT2D eigenvalue weighted by Gasteiger charge is -2.29. The van der Waals surface area contributed by atoms with Crippen LogP contribution in [0.2, 0.25) is 0 Å². The molecule has 0 fully saturated rings. The molecular weight excluding hydrogens is 643 g/mol. The van der Waals surface area contributed by atoms with Gasteiger partial charge in [0, 0.05) is 33.1 Å². The van der Waals surface area contributed by atoms with Crippen molar-refractivity contribution in [2.45, 2.75) is 19.3 Å². The summed E-state index contributed by atoms with van der Waals surface area (Å²) < 4.78 is 6.28. The summed E-state index contributed by atoms with van der Waals surface area (Å²) in [7, 11) is 0. The molecule has 250 valence electrons. The average Bonchev–Trinajstić information content (AvgIpc) is 3.69. The van der Waals surface area contributed by atoms with E-state index in [1.807, 2.05) is 12.1 Å². The number of nitrogens with zero attached hydrogens (tertiary/aromatic N) is 1. The molecule has 0 spiro atoms. The third-order valence-corrected chi connectivity index (χ3v) is 11.6. The van der Waals surface area contributed by atoms with E-state index in [9.17, 15) is 0 Å². The van der Waals surface area contributed by atoms with Gasteiger partial charge in [0.2, 0.25) is 0 Å². The highest BCUT2D eigenvalue weighted by Crippen LogP contribution is 2.54. The molecule has 10 aromatic rings. The Hall–Kier alpha value is -6.64. The molecule has 0 radical (unpaired) electrons. The normalized spacial score (nSPS) is 13.2. The van der Waals surface area contributed by atoms with E-state index < -0.39 is 0 Å². The van der Waals surface area contributed by atoms with Crippen molar-refractivity contribution in [2.75, 3.05) is 4.90 Å². The van der Waals surface area contributed by atoms with Crippen LogP contribution in [0.3, 0.4) is 0 Å². The van der Waals surface area contributed by atoms with E-state index >= 15 is 0 Å². The Kier molecular flexibility index (Phi) is 6.33. The first-order valence-electron chi connectivity index (χ1n) is 18.4. The molecule has 1 heterocycles. The maximum absolute atomic E-state index is 6.28. The smallest absolute Gasteiger partial charge is 0.135 e. The first kappa shape index (κ1) is 30.0. The molecule has 11 rings (SSSR count). The van der Waals surface area contributed by atoms with Crippen molar-refractivity contribution < 1.29 is 4.42 Å². The van der Waals surface area contributed by atoms with Gasteiger partial charge in [-0.2, -0.15) is 0 Å². The van der Waals surface area contributed by atoms with Crippen molar-refractivity contribution in [3.8, 4) is 22.3 Å². The van der Waals surface area contributed by atoms with Crippen molar-refractivity contribution in [3.63, 3.8) is 0 Å². The first-order chi connectivity index (χ1) is 26.0.